The van der Waals surface area contributed by atoms with Crippen LogP contribution >= 0.6 is 11.6 Å². The third kappa shape index (κ3) is 4.00. The van der Waals surface area contributed by atoms with Crippen molar-refractivity contribution >= 4 is 17.5 Å². The van der Waals surface area contributed by atoms with E-state index in [4.69, 9.17) is 16.3 Å². The lowest BCUT2D eigenvalue weighted by molar-refractivity contribution is -0.141. The summed E-state index contributed by atoms with van der Waals surface area (Å²) in [5.41, 5.74) is 1.24. The van der Waals surface area contributed by atoms with E-state index < -0.39 is 0 Å². The Balaban J connectivity index is 1.48. The van der Waals surface area contributed by atoms with Crippen LogP contribution in [-0.2, 0) is 16.1 Å². The summed E-state index contributed by atoms with van der Waals surface area (Å²) in [4.78, 5) is 16.9. The van der Waals surface area contributed by atoms with Crippen molar-refractivity contribution in [3.63, 3.8) is 0 Å². The van der Waals surface area contributed by atoms with Crippen molar-refractivity contribution in [3.05, 3.63) is 34.9 Å². The molecule has 0 aromatic heterocycles. The van der Waals surface area contributed by atoms with Crippen LogP contribution in [0.15, 0.2) is 24.3 Å². The van der Waals surface area contributed by atoms with Gasteiger partial charge < -0.3 is 9.64 Å². The summed E-state index contributed by atoms with van der Waals surface area (Å²) < 4.78 is 5.32. The lowest BCUT2D eigenvalue weighted by atomic mass is 9.94. The summed E-state index contributed by atoms with van der Waals surface area (Å²) in [6.45, 7) is 5.74. The Hall–Kier alpha value is -1.10. The lowest BCUT2D eigenvalue weighted by Crippen LogP contribution is -2.46. The van der Waals surface area contributed by atoms with E-state index in [2.05, 4.69) is 11.0 Å². The first-order valence-electron chi connectivity index (χ1n) is 8.06. The normalized spacial score (nSPS) is 21.0. The summed E-state index contributed by atoms with van der Waals surface area (Å²) in [6, 6.07) is 8.02. The molecule has 120 valence electrons. The molecular formula is C17H23ClN2O2. The minimum absolute atomic E-state index is 0.189. The molecule has 0 unspecified atom stereocenters. The maximum Gasteiger partial charge on any atom is 0.225 e. The van der Waals surface area contributed by atoms with Crippen LogP contribution in [0.1, 0.15) is 18.4 Å². The summed E-state index contributed by atoms with van der Waals surface area (Å²) >= 11 is 6.03. The van der Waals surface area contributed by atoms with Gasteiger partial charge in [0.1, 0.15) is 0 Å². The molecule has 1 aromatic rings. The Morgan fingerprint density at radius 3 is 2.59 bits per heavy atom. The van der Waals surface area contributed by atoms with Gasteiger partial charge in [0.25, 0.3) is 0 Å². The molecule has 2 aliphatic heterocycles. The van der Waals surface area contributed by atoms with Crippen molar-refractivity contribution in [3.8, 4) is 0 Å². The first-order valence-corrected chi connectivity index (χ1v) is 8.43. The maximum atomic E-state index is 12.5. The molecule has 2 fully saturated rings. The standard InChI is InChI=1S/C17H23ClN2O2/c18-16-3-1-2-14(12-16)13-19-6-4-15(5-7-19)17(21)20-8-10-22-11-9-20/h1-3,12,15H,4-11,13H2. The van der Waals surface area contributed by atoms with Crippen molar-refractivity contribution in [2.45, 2.75) is 19.4 Å². The summed E-state index contributed by atoms with van der Waals surface area (Å²) in [5.74, 6) is 0.513. The Kier molecular flexibility index (Phi) is 5.34. The number of likely N-dealkylation sites (tertiary alicyclic amines) is 1. The Morgan fingerprint density at radius 1 is 1.18 bits per heavy atom. The van der Waals surface area contributed by atoms with Gasteiger partial charge >= 0.3 is 0 Å². The Labute approximate surface area is 137 Å². The number of benzene rings is 1. The van der Waals surface area contributed by atoms with E-state index in [-0.39, 0.29) is 5.92 Å². The van der Waals surface area contributed by atoms with E-state index in [1.807, 2.05) is 23.1 Å². The molecule has 5 heteroatoms. The van der Waals surface area contributed by atoms with Crippen LogP contribution in [0.25, 0.3) is 0 Å². The molecule has 3 rings (SSSR count). The highest BCUT2D eigenvalue weighted by Gasteiger charge is 2.29. The van der Waals surface area contributed by atoms with Crippen molar-refractivity contribution < 1.29 is 9.53 Å². The predicted molar refractivity (Wildman–Crippen MR) is 86.9 cm³/mol. The van der Waals surface area contributed by atoms with Crippen LogP contribution in [0.3, 0.4) is 0 Å². The van der Waals surface area contributed by atoms with E-state index in [0.29, 0.717) is 19.1 Å². The molecule has 2 aliphatic rings. The van der Waals surface area contributed by atoms with Crippen molar-refractivity contribution in [2.24, 2.45) is 5.92 Å². The average Bonchev–Trinajstić information content (AvgIpc) is 2.56. The van der Waals surface area contributed by atoms with Crippen molar-refractivity contribution in [2.75, 3.05) is 39.4 Å². The van der Waals surface area contributed by atoms with Gasteiger partial charge in [0.05, 0.1) is 13.2 Å². The van der Waals surface area contributed by atoms with E-state index in [1.165, 1.54) is 5.56 Å². The maximum absolute atomic E-state index is 12.5. The fourth-order valence-electron chi connectivity index (χ4n) is 3.27. The number of amides is 1. The molecule has 4 nitrogen and oxygen atoms in total. The van der Waals surface area contributed by atoms with Crippen LogP contribution in [0.2, 0.25) is 5.02 Å². The molecule has 2 saturated heterocycles. The fraction of sp³-hybridized carbons (Fsp3) is 0.588. The molecule has 0 spiro atoms. The highest BCUT2D eigenvalue weighted by Crippen LogP contribution is 2.22. The molecule has 2 heterocycles. The van der Waals surface area contributed by atoms with Gasteiger partial charge in [-0.15, -0.1) is 0 Å². The summed E-state index contributed by atoms with van der Waals surface area (Å²) in [7, 11) is 0. The first kappa shape index (κ1) is 15.8. The largest absolute Gasteiger partial charge is 0.378 e. The summed E-state index contributed by atoms with van der Waals surface area (Å²) in [6.07, 6.45) is 1.91. The first-order chi connectivity index (χ1) is 10.7. The SMILES string of the molecule is O=C(C1CCN(Cc2cccc(Cl)c2)CC1)N1CCOCC1. The number of hydrogen-bond acceptors (Lipinski definition) is 3. The molecule has 0 radical (unpaired) electrons. The monoisotopic (exact) mass is 322 g/mol. The quantitative estimate of drug-likeness (QED) is 0.856. The molecule has 0 bridgehead atoms. The zero-order valence-corrected chi connectivity index (χ0v) is 13.6. The Morgan fingerprint density at radius 2 is 1.91 bits per heavy atom. The van der Waals surface area contributed by atoms with Crippen molar-refractivity contribution in [1.82, 2.24) is 9.80 Å². The van der Waals surface area contributed by atoms with Crippen LogP contribution in [0.4, 0.5) is 0 Å². The number of halogens is 1. The second-order valence-electron chi connectivity index (χ2n) is 6.12. The second-order valence-corrected chi connectivity index (χ2v) is 6.55. The zero-order chi connectivity index (χ0) is 15.4. The molecule has 0 saturated carbocycles. The van der Waals surface area contributed by atoms with Crippen LogP contribution in [0, 0.1) is 5.92 Å². The van der Waals surface area contributed by atoms with E-state index >= 15 is 0 Å². The molecule has 0 atom stereocenters. The number of piperidine rings is 1. The molecule has 1 amide bonds. The number of rotatable bonds is 3. The van der Waals surface area contributed by atoms with Gasteiger partial charge in [-0.25, -0.2) is 0 Å². The minimum Gasteiger partial charge on any atom is -0.378 e. The van der Waals surface area contributed by atoms with Crippen LogP contribution in [0.5, 0.6) is 0 Å². The predicted octanol–water partition coefficient (Wildman–Crippen LogP) is 2.41. The van der Waals surface area contributed by atoms with Crippen LogP contribution in [-0.4, -0.2) is 55.1 Å². The number of hydrogen-bond donors (Lipinski definition) is 0. The third-order valence-electron chi connectivity index (χ3n) is 4.55. The van der Waals surface area contributed by atoms with E-state index in [1.54, 1.807) is 0 Å². The highest BCUT2D eigenvalue weighted by atomic mass is 35.5. The molecular weight excluding hydrogens is 300 g/mol. The van der Waals surface area contributed by atoms with Gasteiger partial charge in [-0.2, -0.15) is 0 Å². The van der Waals surface area contributed by atoms with E-state index in [0.717, 1.165) is 50.6 Å². The van der Waals surface area contributed by atoms with Crippen LogP contribution < -0.4 is 0 Å². The molecule has 0 N–H and O–H groups in total. The molecule has 22 heavy (non-hydrogen) atoms. The second kappa shape index (κ2) is 7.44. The number of ether oxygens (including phenoxy) is 1. The lowest BCUT2D eigenvalue weighted by Gasteiger charge is -2.35. The van der Waals surface area contributed by atoms with E-state index in [9.17, 15) is 4.79 Å². The van der Waals surface area contributed by atoms with Gasteiger partial charge in [-0.3, -0.25) is 9.69 Å². The Bertz CT molecular complexity index is 509. The van der Waals surface area contributed by atoms with Gasteiger partial charge in [-0.1, -0.05) is 23.7 Å². The minimum atomic E-state index is 0.189. The fourth-order valence-corrected chi connectivity index (χ4v) is 3.49. The van der Waals surface area contributed by atoms with Gasteiger partial charge in [-0.05, 0) is 43.6 Å². The number of morpholine rings is 1. The number of nitrogens with zero attached hydrogens (tertiary/aromatic N) is 2. The highest BCUT2D eigenvalue weighted by molar-refractivity contribution is 6.30. The van der Waals surface area contributed by atoms with Gasteiger partial charge in [0.2, 0.25) is 5.91 Å². The van der Waals surface area contributed by atoms with Gasteiger partial charge in [0.15, 0.2) is 0 Å². The topological polar surface area (TPSA) is 32.8 Å². The number of carbonyl (C=O) groups excluding carboxylic acids is 1. The third-order valence-corrected chi connectivity index (χ3v) is 4.79. The molecule has 1 aromatic carbocycles. The summed E-state index contributed by atoms with van der Waals surface area (Å²) in [5, 5.41) is 0.787. The smallest absolute Gasteiger partial charge is 0.225 e. The van der Waals surface area contributed by atoms with Crippen molar-refractivity contribution in [1.29, 1.82) is 0 Å². The zero-order valence-electron chi connectivity index (χ0n) is 12.8. The van der Waals surface area contributed by atoms with Gasteiger partial charge in [0, 0.05) is 30.6 Å². The number of carbonyl (C=O) groups is 1. The average molecular weight is 323 g/mol. The molecule has 0 aliphatic carbocycles.